The molecule has 2 N–H and O–H groups in total. The summed E-state index contributed by atoms with van der Waals surface area (Å²) in [5, 5.41) is 11.5. The van der Waals surface area contributed by atoms with Crippen molar-refractivity contribution in [2.75, 3.05) is 26.3 Å². The van der Waals surface area contributed by atoms with Crippen LogP contribution in [0.4, 0.5) is 17.6 Å². The number of nitrogens with one attached hydrogen (secondary N) is 1. The van der Waals surface area contributed by atoms with Gasteiger partial charge in [-0.15, -0.1) is 0 Å². The number of hydrogen-bond donors (Lipinski definition) is 2. The molecule has 40 heavy (non-hydrogen) atoms. The normalized spacial score (nSPS) is 14.5. The van der Waals surface area contributed by atoms with Crippen LogP contribution in [0.5, 0.6) is 5.75 Å². The quantitative estimate of drug-likeness (QED) is 0.403. The number of amides is 2. The smallest absolute Gasteiger partial charge is 0.422 e. The third-order valence-electron chi connectivity index (χ3n) is 6.89. The standard InChI is InChI=1S/C26H29F4N5O5/c1-15-31-23-20(25(39)35(15)12-7-16-3-5-17(27)6-4-16)22(40-14-26(28,29)30)21(33(23)2)24(38)32-18-8-10-34(11-9-18)19(37)13-36/h3-6,18,36H,7-14H2,1-2H3,(H,32,38). The molecule has 216 valence electrons. The number of rotatable bonds is 8. The highest BCUT2D eigenvalue weighted by Gasteiger charge is 2.34. The molecule has 0 radical (unpaired) electrons. The van der Waals surface area contributed by atoms with Crippen LogP contribution in [0.2, 0.25) is 0 Å². The lowest BCUT2D eigenvalue weighted by molar-refractivity contribution is -0.153. The van der Waals surface area contributed by atoms with Crippen molar-refractivity contribution in [1.82, 2.24) is 24.3 Å². The van der Waals surface area contributed by atoms with E-state index >= 15 is 0 Å². The number of aryl methyl sites for hydroxylation is 3. The molecule has 0 bridgehead atoms. The van der Waals surface area contributed by atoms with Crippen molar-refractivity contribution >= 4 is 22.8 Å². The van der Waals surface area contributed by atoms with Crippen molar-refractivity contribution in [2.45, 2.75) is 44.9 Å². The van der Waals surface area contributed by atoms with E-state index in [0.29, 0.717) is 19.3 Å². The number of aliphatic hydroxyl groups is 1. The lowest BCUT2D eigenvalue weighted by atomic mass is 10.0. The molecular weight excluding hydrogens is 538 g/mol. The van der Waals surface area contributed by atoms with Crippen molar-refractivity contribution < 1.29 is 37.0 Å². The maximum absolute atomic E-state index is 13.6. The molecule has 0 aliphatic carbocycles. The fraction of sp³-hybridized carbons (Fsp3) is 0.462. The summed E-state index contributed by atoms with van der Waals surface area (Å²) < 4.78 is 60.3. The van der Waals surface area contributed by atoms with Crippen LogP contribution in [0.25, 0.3) is 11.0 Å². The molecule has 0 saturated carbocycles. The lowest BCUT2D eigenvalue weighted by Crippen LogP contribution is -2.47. The molecule has 1 fully saturated rings. The first-order valence-electron chi connectivity index (χ1n) is 12.6. The minimum Gasteiger partial charge on any atom is -0.481 e. The Morgan fingerprint density at radius 1 is 1.18 bits per heavy atom. The van der Waals surface area contributed by atoms with Crippen LogP contribution in [0, 0.1) is 12.7 Å². The van der Waals surface area contributed by atoms with Crippen LogP contribution in [0.15, 0.2) is 29.1 Å². The van der Waals surface area contributed by atoms with E-state index in [9.17, 15) is 31.9 Å². The summed E-state index contributed by atoms with van der Waals surface area (Å²) in [7, 11) is 1.41. The van der Waals surface area contributed by atoms with Crippen molar-refractivity contribution in [3.8, 4) is 5.75 Å². The molecule has 1 aliphatic heterocycles. The highest BCUT2D eigenvalue weighted by atomic mass is 19.4. The zero-order chi connectivity index (χ0) is 29.2. The van der Waals surface area contributed by atoms with Crippen molar-refractivity contribution in [1.29, 1.82) is 0 Å². The number of carbonyl (C=O) groups is 2. The molecule has 2 aromatic heterocycles. The van der Waals surface area contributed by atoms with E-state index in [1.165, 1.54) is 33.2 Å². The molecule has 1 aromatic carbocycles. The second-order valence-corrected chi connectivity index (χ2v) is 9.62. The fourth-order valence-electron chi connectivity index (χ4n) is 4.80. The number of piperidine rings is 1. The topological polar surface area (TPSA) is 119 Å². The number of alkyl halides is 3. The predicted octanol–water partition coefficient (Wildman–Crippen LogP) is 2.08. The Labute approximate surface area is 226 Å². The SMILES string of the molecule is Cc1nc2c(c(OCC(F)(F)F)c(C(=O)NC3CCN(C(=O)CO)CC3)n2C)c(=O)n1CCc1ccc(F)cc1. The summed E-state index contributed by atoms with van der Waals surface area (Å²) in [4.78, 5) is 44.5. The molecule has 0 spiro atoms. The van der Waals surface area contributed by atoms with Gasteiger partial charge >= 0.3 is 6.18 Å². The zero-order valence-electron chi connectivity index (χ0n) is 21.9. The van der Waals surface area contributed by atoms with E-state index in [1.54, 1.807) is 19.1 Å². The van der Waals surface area contributed by atoms with Crippen LogP contribution in [0.3, 0.4) is 0 Å². The molecule has 1 saturated heterocycles. The van der Waals surface area contributed by atoms with Crippen molar-refractivity contribution in [3.05, 3.63) is 57.5 Å². The predicted molar refractivity (Wildman–Crippen MR) is 136 cm³/mol. The van der Waals surface area contributed by atoms with E-state index in [1.807, 2.05) is 0 Å². The number of fused-ring (bicyclic) bond motifs is 1. The van der Waals surface area contributed by atoms with E-state index in [4.69, 9.17) is 9.84 Å². The number of nitrogens with zero attached hydrogens (tertiary/aromatic N) is 4. The molecule has 0 atom stereocenters. The Bertz CT molecular complexity index is 1460. The summed E-state index contributed by atoms with van der Waals surface area (Å²) in [6.07, 6.45) is -3.67. The van der Waals surface area contributed by atoms with Crippen LogP contribution >= 0.6 is 0 Å². The number of likely N-dealkylation sites (tertiary alicyclic amines) is 1. The number of benzene rings is 1. The largest absolute Gasteiger partial charge is 0.481 e. The average Bonchev–Trinajstić information content (AvgIpc) is 3.19. The summed E-state index contributed by atoms with van der Waals surface area (Å²) in [5.41, 5.74) is -0.229. The van der Waals surface area contributed by atoms with E-state index < -0.39 is 54.4 Å². The minimum atomic E-state index is -4.73. The van der Waals surface area contributed by atoms with Crippen LogP contribution in [0.1, 0.15) is 34.7 Å². The third-order valence-corrected chi connectivity index (χ3v) is 6.89. The van der Waals surface area contributed by atoms with Gasteiger partial charge in [0.05, 0.1) is 0 Å². The highest BCUT2D eigenvalue weighted by Crippen LogP contribution is 2.31. The Kier molecular flexibility index (Phi) is 8.47. The average molecular weight is 568 g/mol. The summed E-state index contributed by atoms with van der Waals surface area (Å²) in [6, 6.07) is 5.30. The summed E-state index contributed by atoms with van der Waals surface area (Å²) >= 11 is 0. The van der Waals surface area contributed by atoms with Gasteiger partial charge in [-0.25, -0.2) is 9.37 Å². The Hall–Kier alpha value is -3.94. The summed E-state index contributed by atoms with van der Waals surface area (Å²) in [5.74, 6) is -1.84. The molecule has 3 aromatic rings. The van der Waals surface area contributed by atoms with Gasteiger partial charge in [0.15, 0.2) is 23.7 Å². The molecular formula is C26H29F4N5O5. The zero-order valence-corrected chi connectivity index (χ0v) is 21.9. The molecule has 1 aliphatic rings. The lowest BCUT2D eigenvalue weighted by Gasteiger charge is -2.32. The van der Waals surface area contributed by atoms with Crippen molar-refractivity contribution in [2.24, 2.45) is 7.05 Å². The van der Waals surface area contributed by atoms with E-state index in [-0.39, 0.29) is 42.2 Å². The second kappa shape index (κ2) is 11.7. The molecule has 3 heterocycles. The van der Waals surface area contributed by atoms with Gasteiger partial charge in [-0.3, -0.25) is 19.0 Å². The monoisotopic (exact) mass is 567 g/mol. The summed E-state index contributed by atoms with van der Waals surface area (Å²) in [6.45, 7) is -0.0973. The van der Waals surface area contributed by atoms with Gasteiger partial charge in [-0.2, -0.15) is 13.2 Å². The molecule has 2 amide bonds. The first-order valence-corrected chi connectivity index (χ1v) is 12.6. The Balaban J connectivity index is 1.68. The first kappa shape index (κ1) is 29.1. The molecule has 4 rings (SSSR count). The van der Waals surface area contributed by atoms with Gasteiger partial charge in [0.1, 0.15) is 23.6 Å². The van der Waals surface area contributed by atoms with Crippen LogP contribution in [-0.4, -0.2) is 74.5 Å². The number of carbonyl (C=O) groups excluding carboxylic acids is 2. The van der Waals surface area contributed by atoms with Gasteiger partial charge in [0.25, 0.3) is 11.5 Å². The van der Waals surface area contributed by atoms with Gasteiger partial charge in [-0.05, 0) is 43.9 Å². The highest BCUT2D eigenvalue weighted by molar-refractivity contribution is 6.03. The van der Waals surface area contributed by atoms with Crippen LogP contribution < -0.4 is 15.6 Å². The van der Waals surface area contributed by atoms with E-state index in [2.05, 4.69) is 10.3 Å². The van der Waals surface area contributed by atoms with Crippen LogP contribution in [-0.2, 0) is 24.8 Å². The Morgan fingerprint density at radius 3 is 2.42 bits per heavy atom. The minimum absolute atomic E-state index is 0.00813. The number of aliphatic hydroxyl groups excluding tert-OH is 1. The number of hydrogen-bond acceptors (Lipinski definition) is 6. The number of ether oxygens (including phenoxy) is 1. The third kappa shape index (κ3) is 6.27. The first-order chi connectivity index (χ1) is 18.9. The fourth-order valence-corrected chi connectivity index (χ4v) is 4.80. The van der Waals surface area contributed by atoms with Gasteiger partial charge in [-0.1, -0.05) is 12.1 Å². The number of aromatic nitrogens is 3. The van der Waals surface area contributed by atoms with Gasteiger partial charge in [0, 0.05) is 32.7 Å². The van der Waals surface area contributed by atoms with Gasteiger partial charge in [0.2, 0.25) is 5.91 Å². The molecule has 14 heteroatoms. The van der Waals surface area contributed by atoms with E-state index in [0.717, 1.165) is 5.56 Å². The van der Waals surface area contributed by atoms with Gasteiger partial charge < -0.3 is 24.6 Å². The molecule has 10 nitrogen and oxygen atoms in total. The maximum atomic E-state index is 13.6. The van der Waals surface area contributed by atoms with Crippen molar-refractivity contribution in [3.63, 3.8) is 0 Å². The second-order valence-electron chi connectivity index (χ2n) is 9.62. The molecule has 0 unspecified atom stereocenters. The number of halogens is 4. The Morgan fingerprint density at radius 2 is 1.82 bits per heavy atom. The maximum Gasteiger partial charge on any atom is 0.422 e.